The molecule has 0 unspecified atom stereocenters. The van der Waals surface area contributed by atoms with Crippen LogP contribution in [0.15, 0.2) is 54.6 Å². The Morgan fingerprint density at radius 3 is 2.68 bits per heavy atom. The summed E-state index contributed by atoms with van der Waals surface area (Å²) in [5, 5.41) is 13.7. The number of nitrogens with zero attached hydrogens (tertiary/aromatic N) is 2. The molecule has 0 spiro atoms. The molecule has 34 heavy (non-hydrogen) atoms. The van der Waals surface area contributed by atoms with Crippen LogP contribution in [0.1, 0.15) is 50.2 Å². The van der Waals surface area contributed by atoms with Gasteiger partial charge in [-0.15, -0.1) is 0 Å². The highest BCUT2D eigenvalue weighted by atomic mass is 16.3. The molecule has 2 aromatic carbocycles. The Labute approximate surface area is 205 Å². The fraction of sp³-hybridized carbons (Fsp3) is 0.552. The normalized spacial score (nSPS) is 27.0. The number of fused-ring (bicyclic) bond motifs is 2. The number of amides is 1. The Balaban J connectivity index is 1.52. The van der Waals surface area contributed by atoms with Gasteiger partial charge >= 0.3 is 0 Å². The minimum Gasteiger partial charge on any atom is -0.508 e. The second-order valence-corrected chi connectivity index (χ2v) is 10.8. The Morgan fingerprint density at radius 2 is 1.94 bits per heavy atom. The number of hydrogen-bond donors (Lipinski definition) is 2. The molecule has 1 aliphatic heterocycles. The van der Waals surface area contributed by atoms with Gasteiger partial charge < -0.3 is 15.3 Å². The number of piperidine rings is 1. The van der Waals surface area contributed by atoms with Crippen molar-refractivity contribution in [2.24, 2.45) is 5.92 Å². The predicted molar refractivity (Wildman–Crippen MR) is 138 cm³/mol. The lowest BCUT2D eigenvalue weighted by Gasteiger charge is -2.56. The number of carbonyl (C=O) groups is 1. The van der Waals surface area contributed by atoms with E-state index in [2.05, 4.69) is 58.4 Å². The second kappa shape index (κ2) is 10.9. The van der Waals surface area contributed by atoms with Crippen LogP contribution in [-0.2, 0) is 16.6 Å². The van der Waals surface area contributed by atoms with Crippen molar-refractivity contribution in [3.8, 4) is 5.75 Å². The van der Waals surface area contributed by atoms with Crippen LogP contribution in [0.4, 0.5) is 0 Å². The van der Waals surface area contributed by atoms with Crippen LogP contribution in [0.2, 0.25) is 0 Å². The Bertz CT molecular complexity index is 947. The number of carbonyl (C=O) groups excluding carboxylic acids is 1. The number of nitrogens with one attached hydrogen (secondary N) is 1. The summed E-state index contributed by atoms with van der Waals surface area (Å²) in [6.07, 6.45) is 5.53. The molecule has 1 heterocycles. The number of rotatable bonds is 9. The molecular formula is C29H41N3O2. The summed E-state index contributed by atoms with van der Waals surface area (Å²) in [5.74, 6) is 0.938. The van der Waals surface area contributed by atoms with Crippen molar-refractivity contribution in [1.29, 1.82) is 0 Å². The number of aromatic hydroxyl groups is 1. The third-order valence-electron chi connectivity index (χ3n) is 8.06. The molecule has 4 atom stereocenters. The molecule has 1 amide bonds. The summed E-state index contributed by atoms with van der Waals surface area (Å²) < 4.78 is 0. The number of benzene rings is 2. The van der Waals surface area contributed by atoms with Crippen LogP contribution < -0.4 is 5.32 Å². The van der Waals surface area contributed by atoms with Gasteiger partial charge in [-0.05, 0) is 81.9 Å². The van der Waals surface area contributed by atoms with Crippen LogP contribution in [-0.4, -0.2) is 66.6 Å². The maximum absolute atomic E-state index is 12.8. The number of phenols is 1. The summed E-state index contributed by atoms with van der Waals surface area (Å²) in [4.78, 5) is 17.6. The smallest absolute Gasteiger partial charge is 0.220 e. The van der Waals surface area contributed by atoms with E-state index in [4.69, 9.17) is 0 Å². The number of phenolic OH excluding ortho intramolecular Hbond substituents is 1. The quantitative estimate of drug-likeness (QED) is 0.585. The van der Waals surface area contributed by atoms with Gasteiger partial charge in [0.05, 0.1) is 0 Å². The molecule has 184 valence electrons. The zero-order valence-corrected chi connectivity index (χ0v) is 21.0. The summed E-state index contributed by atoms with van der Waals surface area (Å²) in [7, 11) is 4.09. The number of likely N-dealkylation sites (tertiary alicyclic amines) is 1. The molecule has 0 aromatic heterocycles. The van der Waals surface area contributed by atoms with E-state index in [1.807, 2.05) is 26.2 Å². The maximum atomic E-state index is 12.8. The van der Waals surface area contributed by atoms with E-state index in [1.165, 1.54) is 11.1 Å². The fourth-order valence-electron chi connectivity index (χ4n) is 6.29. The van der Waals surface area contributed by atoms with Crippen LogP contribution >= 0.6 is 0 Å². The second-order valence-electron chi connectivity index (χ2n) is 10.8. The van der Waals surface area contributed by atoms with Crippen molar-refractivity contribution in [3.05, 3.63) is 65.7 Å². The fourth-order valence-corrected chi connectivity index (χ4v) is 6.29. The van der Waals surface area contributed by atoms with Gasteiger partial charge in [0.1, 0.15) is 5.75 Å². The van der Waals surface area contributed by atoms with Gasteiger partial charge in [0.2, 0.25) is 5.91 Å². The first kappa shape index (κ1) is 24.7. The molecule has 4 rings (SSSR count). The van der Waals surface area contributed by atoms with Crippen molar-refractivity contribution in [2.45, 2.75) is 62.9 Å². The standard InChI is InChI=1S/C29H41N3O2/c1-22-21-32(16-14-23-9-5-4-6-10-23)26-18-25(30-28(34)13-8-15-31(2)3)19-29(22,20-26)24-11-7-12-27(33)17-24/h4-7,9-12,17,22,25-26,33H,8,13-16,18-21H2,1-3H3,(H,30,34)/t22-,25-,26+,29+/m1/s1. The SMILES string of the molecule is C[C@@H]1CN(CCc2ccccc2)[C@H]2C[C@@H](NC(=O)CCCN(C)C)C[C@]1(c1cccc(O)c1)C2. The number of hydrogen-bond acceptors (Lipinski definition) is 4. The third kappa shape index (κ3) is 5.81. The molecule has 2 N–H and O–H groups in total. The molecule has 1 saturated carbocycles. The van der Waals surface area contributed by atoms with Crippen molar-refractivity contribution >= 4 is 5.91 Å². The van der Waals surface area contributed by atoms with Crippen molar-refractivity contribution in [3.63, 3.8) is 0 Å². The molecule has 1 aliphatic carbocycles. The molecule has 2 aromatic rings. The van der Waals surface area contributed by atoms with Crippen LogP contribution in [0.25, 0.3) is 0 Å². The topological polar surface area (TPSA) is 55.8 Å². The van der Waals surface area contributed by atoms with Gasteiger partial charge in [-0.3, -0.25) is 9.69 Å². The van der Waals surface area contributed by atoms with Gasteiger partial charge in [0.15, 0.2) is 0 Å². The predicted octanol–water partition coefficient (Wildman–Crippen LogP) is 4.20. The van der Waals surface area contributed by atoms with Crippen molar-refractivity contribution in [1.82, 2.24) is 15.1 Å². The average molecular weight is 464 g/mol. The first-order valence-corrected chi connectivity index (χ1v) is 12.9. The highest BCUT2D eigenvalue weighted by molar-refractivity contribution is 5.76. The maximum Gasteiger partial charge on any atom is 0.220 e. The van der Waals surface area contributed by atoms with E-state index in [0.29, 0.717) is 24.1 Å². The van der Waals surface area contributed by atoms with Crippen LogP contribution in [0.3, 0.4) is 0 Å². The van der Waals surface area contributed by atoms with E-state index < -0.39 is 0 Å². The highest BCUT2D eigenvalue weighted by Gasteiger charge is 2.51. The van der Waals surface area contributed by atoms with Gasteiger partial charge in [0, 0.05) is 37.0 Å². The van der Waals surface area contributed by atoms with E-state index in [9.17, 15) is 9.90 Å². The lowest BCUT2D eigenvalue weighted by molar-refractivity contribution is -0.123. The van der Waals surface area contributed by atoms with E-state index in [-0.39, 0.29) is 17.4 Å². The van der Waals surface area contributed by atoms with Gasteiger partial charge in [-0.1, -0.05) is 49.4 Å². The van der Waals surface area contributed by atoms with Gasteiger partial charge in [-0.25, -0.2) is 0 Å². The molecule has 2 bridgehead atoms. The molecule has 0 radical (unpaired) electrons. The summed E-state index contributed by atoms with van der Waals surface area (Å²) in [6.45, 7) is 5.38. The molecule has 5 heteroatoms. The van der Waals surface area contributed by atoms with E-state index >= 15 is 0 Å². The Morgan fingerprint density at radius 1 is 1.15 bits per heavy atom. The molecule has 1 saturated heterocycles. The minimum absolute atomic E-state index is 0.0213. The van der Waals surface area contributed by atoms with Gasteiger partial charge in [-0.2, -0.15) is 0 Å². The molecule has 2 aliphatic rings. The first-order valence-electron chi connectivity index (χ1n) is 12.9. The summed E-state index contributed by atoms with van der Waals surface area (Å²) in [6, 6.07) is 19.2. The molecule has 5 nitrogen and oxygen atoms in total. The largest absolute Gasteiger partial charge is 0.508 e. The van der Waals surface area contributed by atoms with Gasteiger partial charge in [0.25, 0.3) is 0 Å². The van der Waals surface area contributed by atoms with Crippen LogP contribution in [0.5, 0.6) is 5.75 Å². The lowest BCUT2D eigenvalue weighted by Crippen LogP contribution is -2.61. The van der Waals surface area contributed by atoms with Crippen LogP contribution in [0, 0.1) is 5.92 Å². The summed E-state index contributed by atoms with van der Waals surface area (Å²) >= 11 is 0. The third-order valence-corrected chi connectivity index (χ3v) is 8.06. The van der Waals surface area contributed by atoms with Crippen molar-refractivity contribution < 1.29 is 9.90 Å². The monoisotopic (exact) mass is 463 g/mol. The first-order chi connectivity index (χ1) is 16.4. The lowest BCUT2D eigenvalue weighted by atomic mass is 9.57. The Hall–Kier alpha value is -2.37. The zero-order chi connectivity index (χ0) is 24.1. The van der Waals surface area contributed by atoms with Crippen molar-refractivity contribution in [2.75, 3.05) is 33.7 Å². The minimum atomic E-state index is -0.0213. The van der Waals surface area contributed by atoms with E-state index in [1.54, 1.807) is 6.07 Å². The molecule has 2 fully saturated rings. The summed E-state index contributed by atoms with van der Waals surface area (Å²) in [5.41, 5.74) is 2.58. The molecular weight excluding hydrogens is 422 g/mol. The average Bonchev–Trinajstić information content (AvgIpc) is 2.81. The Kier molecular flexibility index (Phi) is 7.95. The highest BCUT2D eigenvalue weighted by Crippen LogP contribution is 2.50. The van der Waals surface area contributed by atoms with E-state index in [0.717, 1.165) is 51.7 Å². The zero-order valence-electron chi connectivity index (χ0n) is 21.0.